The van der Waals surface area contributed by atoms with Gasteiger partial charge in [0, 0.05) is 31.4 Å². The van der Waals surface area contributed by atoms with Gasteiger partial charge in [-0.2, -0.15) is 0 Å². The first kappa shape index (κ1) is 16.2. The number of likely N-dealkylation sites (tertiary alicyclic amines) is 1. The summed E-state index contributed by atoms with van der Waals surface area (Å²) in [6.07, 6.45) is 10.3. The van der Waals surface area contributed by atoms with E-state index >= 15 is 0 Å². The largest absolute Gasteiger partial charge is 0.339 e. The molecule has 1 aliphatic heterocycles. The van der Waals surface area contributed by atoms with Crippen molar-refractivity contribution in [1.29, 1.82) is 0 Å². The van der Waals surface area contributed by atoms with Crippen molar-refractivity contribution in [2.45, 2.75) is 44.4 Å². The van der Waals surface area contributed by atoms with Crippen molar-refractivity contribution in [3.05, 3.63) is 59.7 Å². The van der Waals surface area contributed by atoms with Crippen LogP contribution in [0.15, 0.2) is 42.7 Å². The Morgan fingerprint density at radius 2 is 1.68 bits per heavy atom. The minimum atomic E-state index is 0.0869. The molecule has 0 unspecified atom stereocenters. The van der Waals surface area contributed by atoms with Crippen LogP contribution < -0.4 is 0 Å². The maximum Gasteiger partial charge on any atom is 0.256 e. The number of nitrogens with zero attached hydrogens (tertiary/aromatic N) is 3. The number of aromatic nitrogens is 2. The summed E-state index contributed by atoms with van der Waals surface area (Å²) in [6, 6.07) is 10.7. The number of benzene rings is 1. The Labute approximate surface area is 149 Å². The predicted molar refractivity (Wildman–Crippen MR) is 97.4 cm³/mol. The molecule has 0 spiro atoms. The number of carbonyl (C=O) groups is 1. The molecule has 1 saturated heterocycles. The summed E-state index contributed by atoms with van der Waals surface area (Å²) in [6.45, 7) is 1.70. The Balaban J connectivity index is 1.26. The van der Waals surface area contributed by atoms with Crippen LogP contribution in [0.5, 0.6) is 0 Å². The lowest BCUT2D eigenvalue weighted by Crippen LogP contribution is -2.38. The smallest absolute Gasteiger partial charge is 0.256 e. The second kappa shape index (κ2) is 7.34. The molecule has 1 amide bonds. The standard InChI is InChI=1S/C21H25N3O/c25-21(19-14-22-20(23-15-19)18-8-9-18)24-12-10-17(11-13-24)7-6-16-4-2-1-3-5-16/h1-5,14-15,17-18H,6-13H2. The van der Waals surface area contributed by atoms with E-state index in [2.05, 4.69) is 40.3 Å². The highest BCUT2D eigenvalue weighted by Crippen LogP contribution is 2.37. The molecule has 1 saturated carbocycles. The van der Waals surface area contributed by atoms with Crippen LogP contribution in [0, 0.1) is 5.92 Å². The fourth-order valence-corrected chi connectivity index (χ4v) is 3.62. The Kier molecular flexibility index (Phi) is 4.77. The lowest BCUT2D eigenvalue weighted by molar-refractivity contribution is 0.0686. The third-order valence-electron chi connectivity index (χ3n) is 5.45. The van der Waals surface area contributed by atoms with E-state index in [0.717, 1.165) is 44.1 Å². The Morgan fingerprint density at radius 3 is 2.32 bits per heavy atom. The maximum absolute atomic E-state index is 12.6. The van der Waals surface area contributed by atoms with Crippen LogP contribution in [0.25, 0.3) is 0 Å². The summed E-state index contributed by atoms with van der Waals surface area (Å²) in [4.78, 5) is 23.3. The number of amides is 1. The van der Waals surface area contributed by atoms with E-state index in [0.29, 0.717) is 11.5 Å². The van der Waals surface area contributed by atoms with E-state index in [1.54, 1.807) is 12.4 Å². The number of rotatable bonds is 5. The fraction of sp³-hybridized carbons (Fsp3) is 0.476. The van der Waals surface area contributed by atoms with Crippen LogP contribution >= 0.6 is 0 Å². The zero-order valence-electron chi connectivity index (χ0n) is 14.6. The summed E-state index contributed by atoms with van der Waals surface area (Å²) in [5.41, 5.74) is 2.04. The van der Waals surface area contributed by atoms with Crippen molar-refractivity contribution in [2.24, 2.45) is 5.92 Å². The Hall–Kier alpha value is -2.23. The van der Waals surface area contributed by atoms with Gasteiger partial charge in [0.25, 0.3) is 5.91 Å². The van der Waals surface area contributed by atoms with Crippen LogP contribution in [0.1, 0.15) is 59.8 Å². The molecule has 4 nitrogen and oxygen atoms in total. The zero-order chi connectivity index (χ0) is 17.1. The van der Waals surface area contributed by atoms with Gasteiger partial charge in [0.2, 0.25) is 0 Å². The first-order valence-electron chi connectivity index (χ1n) is 9.45. The summed E-state index contributed by atoms with van der Waals surface area (Å²) in [5.74, 6) is 2.24. The highest BCUT2D eigenvalue weighted by atomic mass is 16.2. The van der Waals surface area contributed by atoms with Gasteiger partial charge < -0.3 is 4.90 Å². The van der Waals surface area contributed by atoms with E-state index in [1.807, 2.05) is 4.90 Å². The molecular weight excluding hydrogens is 310 g/mol. The van der Waals surface area contributed by atoms with Crippen LogP contribution in [0.2, 0.25) is 0 Å². The molecule has 1 aromatic carbocycles. The van der Waals surface area contributed by atoms with Crippen molar-refractivity contribution < 1.29 is 4.79 Å². The molecule has 2 heterocycles. The van der Waals surface area contributed by atoms with Gasteiger partial charge in [-0.1, -0.05) is 30.3 Å². The molecular formula is C21H25N3O. The van der Waals surface area contributed by atoms with Gasteiger partial charge in [-0.15, -0.1) is 0 Å². The number of hydrogen-bond donors (Lipinski definition) is 0. The SMILES string of the molecule is O=C(c1cnc(C2CC2)nc1)N1CCC(CCc2ccccc2)CC1. The number of aryl methyl sites for hydroxylation is 1. The zero-order valence-corrected chi connectivity index (χ0v) is 14.6. The van der Waals surface area contributed by atoms with Crippen molar-refractivity contribution in [3.63, 3.8) is 0 Å². The minimum absolute atomic E-state index is 0.0869. The van der Waals surface area contributed by atoms with Crippen molar-refractivity contribution >= 4 is 5.91 Å². The molecule has 4 rings (SSSR count). The normalized spacial score (nSPS) is 18.3. The lowest BCUT2D eigenvalue weighted by Gasteiger charge is -2.32. The molecule has 2 aromatic rings. The highest BCUT2D eigenvalue weighted by molar-refractivity contribution is 5.93. The lowest BCUT2D eigenvalue weighted by atomic mass is 9.90. The summed E-state index contributed by atoms with van der Waals surface area (Å²) in [5, 5.41) is 0. The van der Waals surface area contributed by atoms with E-state index in [1.165, 1.54) is 24.8 Å². The van der Waals surface area contributed by atoms with Crippen molar-refractivity contribution in [1.82, 2.24) is 14.9 Å². The number of hydrogen-bond acceptors (Lipinski definition) is 3. The molecule has 0 N–H and O–H groups in total. The Morgan fingerprint density at radius 1 is 1.00 bits per heavy atom. The van der Waals surface area contributed by atoms with Gasteiger partial charge in [-0.3, -0.25) is 4.79 Å². The van der Waals surface area contributed by atoms with E-state index in [-0.39, 0.29) is 5.91 Å². The average Bonchev–Trinajstić information content (AvgIpc) is 3.53. The van der Waals surface area contributed by atoms with Gasteiger partial charge in [0.1, 0.15) is 5.82 Å². The third-order valence-corrected chi connectivity index (χ3v) is 5.45. The van der Waals surface area contributed by atoms with E-state index < -0.39 is 0 Å². The topological polar surface area (TPSA) is 46.1 Å². The molecule has 4 heteroatoms. The van der Waals surface area contributed by atoms with Crippen LogP contribution in [0.4, 0.5) is 0 Å². The third kappa shape index (κ3) is 4.06. The molecule has 0 atom stereocenters. The maximum atomic E-state index is 12.6. The molecule has 0 radical (unpaired) electrons. The molecule has 130 valence electrons. The Bertz CT molecular complexity index is 702. The predicted octanol–water partition coefficient (Wildman–Crippen LogP) is 3.84. The van der Waals surface area contributed by atoms with E-state index in [9.17, 15) is 4.79 Å². The van der Waals surface area contributed by atoms with Gasteiger partial charge in [0.05, 0.1) is 5.56 Å². The van der Waals surface area contributed by atoms with Gasteiger partial charge in [0.15, 0.2) is 0 Å². The van der Waals surface area contributed by atoms with Crippen LogP contribution in [-0.4, -0.2) is 33.9 Å². The highest BCUT2D eigenvalue weighted by Gasteiger charge is 2.27. The first-order valence-corrected chi connectivity index (χ1v) is 9.45. The molecule has 1 aromatic heterocycles. The second-order valence-electron chi connectivity index (χ2n) is 7.36. The summed E-state index contributed by atoms with van der Waals surface area (Å²) in [7, 11) is 0. The van der Waals surface area contributed by atoms with Gasteiger partial charge in [-0.05, 0) is 50.0 Å². The monoisotopic (exact) mass is 335 g/mol. The summed E-state index contributed by atoms with van der Waals surface area (Å²) < 4.78 is 0. The van der Waals surface area contributed by atoms with E-state index in [4.69, 9.17) is 0 Å². The number of piperidine rings is 1. The molecule has 1 aliphatic carbocycles. The average molecular weight is 335 g/mol. The number of carbonyl (C=O) groups excluding carboxylic acids is 1. The second-order valence-corrected chi connectivity index (χ2v) is 7.36. The first-order chi connectivity index (χ1) is 12.3. The molecule has 2 aliphatic rings. The molecule has 25 heavy (non-hydrogen) atoms. The fourth-order valence-electron chi connectivity index (χ4n) is 3.62. The van der Waals surface area contributed by atoms with Gasteiger partial charge in [-0.25, -0.2) is 9.97 Å². The van der Waals surface area contributed by atoms with Crippen LogP contribution in [-0.2, 0) is 6.42 Å². The molecule has 0 bridgehead atoms. The minimum Gasteiger partial charge on any atom is -0.339 e. The quantitative estimate of drug-likeness (QED) is 0.834. The van der Waals surface area contributed by atoms with Crippen LogP contribution in [0.3, 0.4) is 0 Å². The van der Waals surface area contributed by atoms with Crippen molar-refractivity contribution in [2.75, 3.05) is 13.1 Å². The van der Waals surface area contributed by atoms with Gasteiger partial charge >= 0.3 is 0 Å². The summed E-state index contributed by atoms with van der Waals surface area (Å²) >= 11 is 0. The van der Waals surface area contributed by atoms with Crippen molar-refractivity contribution in [3.8, 4) is 0 Å². The molecule has 2 fully saturated rings.